The maximum atomic E-state index is 13.1. The van der Waals surface area contributed by atoms with E-state index in [1.165, 1.54) is 18.2 Å². The van der Waals surface area contributed by atoms with Crippen LogP contribution >= 0.6 is 11.8 Å². The van der Waals surface area contributed by atoms with E-state index in [1.54, 1.807) is 18.5 Å². The quantitative estimate of drug-likeness (QED) is 0.347. The van der Waals surface area contributed by atoms with Gasteiger partial charge in [0.1, 0.15) is 5.58 Å². The molecule has 5 rings (SSSR count). The molecule has 2 N–H and O–H groups in total. The van der Waals surface area contributed by atoms with Crippen molar-refractivity contribution in [1.82, 2.24) is 25.1 Å². The Kier molecular flexibility index (Phi) is 5.53. The van der Waals surface area contributed by atoms with Crippen LogP contribution in [0.2, 0.25) is 0 Å². The summed E-state index contributed by atoms with van der Waals surface area (Å²) in [5.41, 5.74) is 1.45. The van der Waals surface area contributed by atoms with Crippen LogP contribution in [0.1, 0.15) is 35.4 Å². The van der Waals surface area contributed by atoms with E-state index in [2.05, 4.69) is 35.4 Å². The number of piperidine rings is 1. The highest BCUT2D eigenvalue weighted by molar-refractivity contribution is 7.98. The van der Waals surface area contributed by atoms with Crippen LogP contribution in [0.5, 0.6) is 0 Å². The summed E-state index contributed by atoms with van der Waals surface area (Å²) >= 11 is 1.45. The second-order valence-electron chi connectivity index (χ2n) is 7.21. The van der Waals surface area contributed by atoms with Crippen molar-refractivity contribution in [2.24, 2.45) is 0 Å². The zero-order chi connectivity index (χ0) is 21.0. The number of aromatic nitrogens is 5. The lowest BCUT2D eigenvalue weighted by molar-refractivity contribution is 0.0997. The second-order valence-corrected chi connectivity index (χ2v) is 8.15. The maximum absolute atomic E-state index is 13.1. The average molecular weight is 436 g/mol. The summed E-state index contributed by atoms with van der Waals surface area (Å²) in [6, 6.07) is 9.37. The summed E-state index contributed by atoms with van der Waals surface area (Å²) in [6.45, 7) is 1.86. The number of carbonyl (C=O) groups excluding carboxylic acids is 1. The molecule has 0 aliphatic carbocycles. The maximum Gasteiger partial charge on any atom is 0.294 e. The molecule has 1 aromatic carbocycles. The van der Waals surface area contributed by atoms with Gasteiger partial charge in [0.2, 0.25) is 11.9 Å². The second kappa shape index (κ2) is 8.76. The lowest BCUT2D eigenvalue weighted by Gasteiger charge is -2.24. The van der Waals surface area contributed by atoms with Crippen LogP contribution in [0.15, 0.2) is 52.3 Å². The van der Waals surface area contributed by atoms with Gasteiger partial charge in [-0.15, -0.1) is 5.10 Å². The SMILES string of the molecule is O=C(Nc1nc(N2CCCCC2)n[nH]1)c1oc2ccccc2c1CSc1ncccn1. The zero-order valence-corrected chi connectivity index (χ0v) is 17.6. The van der Waals surface area contributed by atoms with Crippen molar-refractivity contribution >= 4 is 40.5 Å². The highest BCUT2D eigenvalue weighted by Gasteiger charge is 2.23. The summed E-state index contributed by atoms with van der Waals surface area (Å²) in [5, 5.41) is 11.4. The van der Waals surface area contributed by atoms with Crippen LogP contribution in [-0.2, 0) is 5.75 Å². The number of thioether (sulfide) groups is 1. The van der Waals surface area contributed by atoms with E-state index < -0.39 is 0 Å². The minimum atomic E-state index is -0.373. The fourth-order valence-electron chi connectivity index (χ4n) is 3.63. The van der Waals surface area contributed by atoms with Crippen LogP contribution in [-0.4, -0.2) is 44.1 Å². The van der Waals surface area contributed by atoms with Gasteiger partial charge in [0.05, 0.1) is 0 Å². The first-order chi connectivity index (χ1) is 15.3. The number of anilines is 2. The fraction of sp³-hybridized carbons (Fsp3) is 0.286. The van der Waals surface area contributed by atoms with E-state index in [-0.39, 0.29) is 11.7 Å². The number of benzene rings is 1. The molecule has 0 unspecified atom stereocenters. The van der Waals surface area contributed by atoms with Gasteiger partial charge in [-0.1, -0.05) is 30.0 Å². The number of para-hydroxylation sites is 1. The van der Waals surface area contributed by atoms with Crippen LogP contribution in [0.3, 0.4) is 0 Å². The van der Waals surface area contributed by atoms with E-state index in [4.69, 9.17) is 4.42 Å². The molecule has 158 valence electrons. The average Bonchev–Trinajstić information content (AvgIpc) is 3.44. The number of furan rings is 1. The van der Waals surface area contributed by atoms with Gasteiger partial charge in [0.25, 0.3) is 5.91 Å². The molecule has 4 heterocycles. The molecule has 1 amide bonds. The predicted octanol–water partition coefficient (Wildman–Crippen LogP) is 3.88. The number of hydrogen-bond donors (Lipinski definition) is 2. The molecular formula is C21H21N7O2S. The van der Waals surface area contributed by atoms with E-state index in [1.807, 2.05) is 24.3 Å². The molecule has 0 spiro atoms. The molecule has 4 aromatic rings. The molecular weight excluding hydrogens is 414 g/mol. The number of nitrogens with one attached hydrogen (secondary N) is 2. The minimum Gasteiger partial charge on any atom is -0.451 e. The molecule has 1 fully saturated rings. The first-order valence-electron chi connectivity index (χ1n) is 10.2. The third-order valence-corrected chi connectivity index (χ3v) is 6.04. The Balaban J connectivity index is 1.37. The smallest absolute Gasteiger partial charge is 0.294 e. The molecule has 0 saturated carbocycles. The molecule has 10 heteroatoms. The number of carbonyl (C=O) groups is 1. The normalized spacial score (nSPS) is 14.1. The van der Waals surface area contributed by atoms with Crippen molar-refractivity contribution in [1.29, 1.82) is 0 Å². The molecule has 3 aromatic heterocycles. The van der Waals surface area contributed by atoms with Gasteiger partial charge < -0.3 is 9.32 Å². The number of aromatic amines is 1. The molecule has 9 nitrogen and oxygen atoms in total. The first-order valence-corrected chi connectivity index (χ1v) is 11.2. The van der Waals surface area contributed by atoms with Crippen LogP contribution in [0, 0.1) is 0 Å². The molecule has 1 aliphatic rings. The van der Waals surface area contributed by atoms with Crippen molar-refractivity contribution in [3.63, 3.8) is 0 Å². The Bertz CT molecular complexity index is 1180. The van der Waals surface area contributed by atoms with Crippen molar-refractivity contribution in [3.8, 4) is 0 Å². The van der Waals surface area contributed by atoms with E-state index >= 15 is 0 Å². The van der Waals surface area contributed by atoms with Crippen molar-refractivity contribution in [2.45, 2.75) is 30.2 Å². The van der Waals surface area contributed by atoms with Gasteiger partial charge in [-0.25, -0.2) is 15.1 Å². The summed E-state index contributed by atoms with van der Waals surface area (Å²) in [4.78, 5) is 28.1. The number of hydrogen-bond acceptors (Lipinski definition) is 8. The Morgan fingerprint density at radius 3 is 2.77 bits per heavy atom. The van der Waals surface area contributed by atoms with Gasteiger partial charge in [0, 0.05) is 42.2 Å². The summed E-state index contributed by atoms with van der Waals surface area (Å²) in [5.74, 6) is 1.29. The van der Waals surface area contributed by atoms with Crippen molar-refractivity contribution < 1.29 is 9.21 Å². The fourth-order valence-corrected chi connectivity index (χ4v) is 4.46. The molecule has 0 atom stereocenters. The number of rotatable bonds is 6. The monoisotopic (exact) mass is 435 g/mol. The Labute approximate surface area is 182 Å². The third kappa shape index (κ3) is 4.24. The van der Waals surface area contributed by atoms with E-state index in [9.17, 15) is 4.79 Å². The molecule has 0 bridgehead atoms. The van der Waals surface area contributed by atoms with Crippen LogP contribution in [0.25, 0.3) is 11.0 Å². The van der Waals surface area contributed by atoms with Crippen molar-refractivity contribution in [2.75, 3.05) is 23.3 Å². The van der Waals surface area contributed by atoms with Gasteiger partial charge in [-0.2, -0.15) is 4.98 Å². The Morgan fingerprint density at radius 1 is 1.13 bits per heavy atom. The molecule has 31 heavy (non-hydrogen) atoms. The van der Waals surface area contributed by atoms with Gasteiger partial charge in [-0.05, 0) is 31.4 Å². The third-order valence-electron chi connectivity index (χ3n) is 5.14. The highest BCUT2D eigenvalue weighted by atomic mass is 32.2. The summed E-state index contributed by atoms with van der Waals surface area (Å²) in [6.07, 6.45) is 6.87. The molecule has 1 saturated heterocycles. The predicted molar refractivity (Wildman–Crippen MR) is 118 cm³/mol. The summed E-state index contributed by atoms with van der Waals surface area (Å²) in [7, 11) is 0. The largest absolute Gasteiger partial charge is 0.451 e. The van der Waals surface area contributed by atoms with Gasteiger partial charge >= 0.3 is 0 Å². The summed E-state index contributed by atoms with van der Waals surface area (Å²) < 4.78 is 5.91. The topological polar surface area (TPSA) is 113 Å². The Morgan fingerprint density at radius 2 is 1.94 bits per heavy atom. The van der Waals surface area contributed by atoms with Crippen molar-refractivity contribution in [3.05, 3.63) is 54.0 Å². The number of nitrogens with zero attached hydrogens (tertiary/aromatic N) is 5. The lowest BCUT2D eigenvalue weighted by atomic mass is 10.1. The first kappa shape index (κ1) is 19.6. The standard InChI is InChI=1S/C21H21N7O2S/c29-18(24-19-25-20(27-26-19)28-11-4-1-5-12-28)17-15(13-31-21-22-9-6-10-23-21)14-7-2-3-8-16(14)30-17/h2-3,6-10H,1,4-5,11-13H2,(H2,24,25,26,27,29). The zero-order valence-electron chi connectivity index (χ0n) is 16.7. The van der Waals surface area contributed by atoms with E-state index in [0.29, 0.717) is 28.4 Å². The number of amides is 1. The van der Waals surface area contributed by atoms with Crippen LogP contribution in [0.4, 0.5) is 11.9 Å². The minimum absolute atomic E-state index is 0.251. The Hall–Kier alpha value is -3.40. The lowest BCUT2D eigenvalue weighted by Crippen LogP contribution is -2.30. The van der Waals surface area contributed by atoms with Gasteiger partial charge in [-0.3, -0.25) is 10.1 Å². The molecule has 0 radical (unpaired) electrons. The highest BCUT2D eigenvalue weighted by Crippen LogP contribution is 2.31. The van der Waals surface area contributed by atoms with E-state index in [0.717, 1.165) is 36.9 Å². The van der Waals surface area contributed by atoms with Crippen LogP contribution < -0.4 is 10.2 Å². The van der Waals surface area contributed by atoms with Gasteiger partial charge in [0.15, 0.2) is 10.9 Å². The number of fused-ring (bicyclic) bond motifs is 1. The number of H-pyrrole nitrogens is 1. The molecule has 1 aliphatic heterocycles.